The highest BCUT2D eigenvalue weighted by atomic mass is 19.1. The van der Waals surface area contributed by atoms with Crippen molar-refractivity contribution >= 4 is 0 Å². The van der Waals surface area contributed by atoms with Gasteiger partial charge in [0.05, 0.1) is 12.2 Å². The largest absolute Gasteiger partial charge is 0.322 e. The van der Waals surface area contributed by atoms with Gasteiger partial charge in [-0.05, 0) is 43.5 Å². The Morgan fingerprint density at radius 3 is 2.42 bits per heavy atom. The van der Waals surface area contributed by atoms with Crippen molar-refractivity contribution in [1.29, 1.82) is 0 Å². The number of hydrogen-bond donors (Lipinski definition) is 1. The number of aryl methyl sites for hydroxylation is 1. The van der Waals surface area contributed by atoms with Gasteiger partial charge in [-0.25, -0.2) is 4.39 Å². The standard InChI is InChI=1S/C15H20FN3/c1-4-14-10(2)18-19(11(14)3)9-15(17)12-5-7-13(16)8-6-12/h5-8,15H,4,9,17H2,1-3H3. The zero-order valence-electron chi connectivity index (χ0n) is 11.7. The second-order valence-electron chi connectivity index (χ2n) is 4.84. The molecular weight excluding hydrogens is 241 g/mol. The Kier molecular flexibility index (Phi) is 4.00. The van der Waals surface area contributed by atoms with Crippen LogP contribution in [0.2, 0.25) is 0 Å². The highest BCUT2D eigenvalue weighted by Gasteiger charge is 2.13. The van der Waals surface area contributed by atoms with Gasteiger partial charge in [-0.1, -0.05) is 19.1 Å². The Bertz CT molecular complexity index is 558. The molecule has 0 amide bonds. The summed E-state index contributed by atoms with van der Waals surface area (Å²) in [6.45, 7) is 6.82. The van der Waals surface area contributed by atoms with Gasteiger partial charge in [-0.15, -0.1) is 0 Å². The number of nitrogens with zero attached hydrogens (tertiary/aromatic N) is 2. The van der Waals surface area contributed by atoms with Gasteiger partial charge in [0.15, 0.2) is 0 Å². The van der Waals surface area contributed by atoms with Gasteiger partial charge in [0.1, 0.15) is 5.82 Å². The molecule has 0 aliphatic carbocycles. The fourth-order valence-electron chi connectivity index (χ4n) is 2.43. The van der Waals surface area contributed by atoms with Crippen LogP contribution >= 0.6 is 0 Å². The molecule has 102 valence electrons. The minimum Gasteiger partial charge on any atom is -0.322 e. The lowest BCUT2D eigenvalue weighted by molar-refractivity contribution is 0.513. The third-order valence-electron chi connectivity index (χ3n) is 3.55. The fraction of sp³-hybridized carbons (Fsp3) is 0.400. The maximum atomic E-state index is 12.9. The van der Waals surface area contributed by atoms with Gasteiger partial charge in [-0.3, -0.25) is 4.68 Å². The molecule has 0 spiro atoms. The molecule has 0 fully saturated rings. The van der Waals surface area contributed by atoms with Crippen LogP contribution in [0.25, 0.3) is 0 Å². The maximum Gasteiger partial charge on any atom is 0.123 e. The van der Waals surface area contributed by atoms with E-state index < -0.39 is 0 Å². The summed E-state index contributed by atoms with van der Waals surface area (Å²) in [5, 5.41) is 4.53. The number of aromatic nitrogens is 2. The van der Waals surface area contributed by atoms with Crippen LogP contribution in [0.5, 0.6) is 0 Å². The zero-order valence-corrected chi connectivity index (χ0v) is 11.7. The van der Waals surface area contributed by atoms with E-state index in [1.165, 1.54) is 17.7 Å². The lowest BCUT2D eigenvalue weighted by Crippen LogP contribution is -2.19. The molecule has 0 aliphatic rings. The van der Waals surface area contributed by atoms with Crippen LogP contribution in [0.15, 0.2) is 24.3 Å². The number of benzene rings is 1. The lowest BCUT2D eigenvalue weighted by atomic mass is 10.1. The highest BCUT2D eigenvalue weighted by Crippen LogP contribution is 2.18. The first kappa shape index (κ1) is 13.7. The highest BCUT2D eigenvalue weighted by molar-refractivity contribution is 5.25. The van der Waals surface area contributed by atoms with Gasteiger partial charge in [0, 0.05) is 11.7 Å². The summed E-state index contributed by atoms with van der Waals surface area (Å²) in [5.74, 6) is -0.240. The number of hydrogen-bond acceptors (Lipinski definition) is 2. The van der Waals surface area contributed by atoms with Crippen molar-refractivity contribution < 1.29 is 4.39 Å². The van der Waals surface area contributed by atoms with Crippen LogP contribution in [0.1, 0.15) is 35.5 Å². The molecular formula is C15H20FN3. The predicted molar refractivity (Wildman–Crippen MR) is 74.4 cm³/mol. The van der Waals surface area contributed by atoms with Crippen molar-refractivity contribution in [2.75, 3.05) is 0 Å². The summed E-state index contributed by atoms with van der Waals surface area (Å²) in [4.78, 5) is 0. The molecule has 0 saturated carbocycles. The minimum atomic E-state index is -0.240. The SMILES string of the molecule is CCc1c(C)nn(CC(N)c2ccc(F)cc2)c1C. The molecule has 1 heterocycles. The third kappa shape index (κ3) is 2.84. The average molecular weight is 261 g/mol. The quantitative estimate of drug-likeness (QED) is 0.919. The van der Waals surface area contributed by atoms with Crippen LogP contribution in [0.4, 0.5) is 4.39 Å². The van der Waals surface area contributed by atoms with Crippen molar-refractivity contribution in [3.8, 4) is 0 Å². The van der Waals surface area contributed by atoms with Crippen LogP contribution in [0, 0.1) is 19.7 Å². The molecule has 0 saturated heterocycles. The first-order chi connectivity index (χ1) is 9.02. The van der Waals surface area contributed by atoms with E-state index in [0.29, 0.717) is 6.54 Å². The van der Waals surface area contributed by atoms with Gasteiger partial charge < -0.3 is 5.73 Å². The van der Waals surface area contributed by atoms with Crippen molar-refractivity contribution in [3.05, 3.63) is 52.6 Å². The predicted octanol–water partition coefficient (Wildman–Crippen LogP) is 2.90. The fourth-order valence-corrected chi connectivity index (χ4v) is 2.43. The first-order valence-corrected chi connectivity index (χ1v) is 6.56. The Morgan fingerprint density at radius 2 is 1.89 bits per heavy atom. The molecule has 0 bridgehead atoms. The summed E-state index contributed by atoms with van der Waals surface area (Å²) >= 11 is 0. The van der Waals surface area contributed by atoms with Crippen LogP contribution in [0.3, 0.4) is 0 Å². The van der Waals surface area contributed by atoms with E-state index in [1.807, 2.05) is 11.6 Å². The summed E-state index contributed by atoms with van der Waals surface area (Å²) < 4.78 is 14.8. The zero-order chi connectivity index (χ0) is 14.0. The van der Waals surface area contributed by atoms with E-state index >= 15 is 0 Å². The summed E-state index contributed by atoms with van der Waals surface area (Å²) in [6.07, 6.45) is 0.976. The minimum absolute atomic E-state index is 0.177. The van der Waals surface area contributed by atoms with E-state index in [9.17, 15) is 4.39 Å². The van der Waals surface area contributed by atoms with Gasteiger partial charge in [-0.2, -0.15) is 5.10 Å². The van der Waals surface area contributed by atoms with E-state index in [1.54, 1.807) is 12.1 Å². The van der Waals surface area contributed by atoms with Crippen molar-refractivity contribution in [2.24, 2.45) is 5.73 Å². The Morgan fingerprint density at radius 1 is 1.26 bits per heavy atom. The number of halogens is 1. The molecule has 1 atom stereocenters. The van der Waals surface area contributed by atoms with Gasteiger partial charge in [0.2, 0.25) is 0 Å². The van der Waals surface area contributed by atoms with Crippen LogP contribution in [-0.2, 0) is 13.0 Å². The molecule has 2 rings (SSSR count). The molecule has 2 N–H and O–H groups in total. The molecule has 2 aromatic rings. The van der Waals surface area contributed by atoms with Crippen molar-refractivity contribution in [1.82, 2.24) is 9.78 Å². The molecule has 0 aliphatic heterocycles. The van der Waals surface area contributed by atoms with Crippen molar-refractivity contribution in [3.63, 3.8) is 0 Å². The topological polar surface area (TPSA) is 43.8 Å². The molecule has 4 heteroatoms. The van der Waals surface area contributed by atoms with E-state index in [4.69, 9.17) is 5.73 Å². The van der Waals surface area contributed by atoms with Crippen LogP contribution < -0.4 is 5.73 Å². The summed E-state index contributed by atoms with van der Waals surface area (Å²) in [6, 6.07) is 6.16. The normalized spacial score (nSPS) is 12.7. The van der Waals surface area contributed by atoms with E-state index in [-0.39, 0.29) is 11.9 Å². The second-order valence-corrected chi connectivity index (χ2v) is 4.84. The summed E-state index contributed by atoms with van der Waals surface area (Å²) in [7, 11) is 0. The first-order valence-electron chi connectivity index (χ1n) is 6.56. The van der Waals surface area contributed by atoms with Gasteiger partial charge in [0.25, 0.3) is 0 Å². The lowest BCUT2D eigenvalue weighted by Gasteiger charge is -2.13. The molecule has 1 aromatic heterocycles. The number of rotatable bonds is 4. The Labute approximate surface area is 113 Å². The smallest absolute Gasteiger partial charge is 0.123 e. The Hall–Kier alpha value is -1.68. The van der Waals surface area contributed by atoms with Crippen LogP contribution in [-0.4, -0.2) is 9.78 Å². The monoisotopic (exact) mass is 261 g/mol. The van der Waals surface area contributed by atoms with Crippen molar-refractivity contribution in [2.45, 2.75) is 39.8 Å². The number of nitrogens with two attached hydrogens (primary N) is 1. The average Bonchev–Trinajstić information content (AvgIpc) is 2.64. The second kappa shape index (κ2) is 5.53. The third-order valence-corrected chi connectivity index (χ3v) is 3.55. The molecule has 1 unspecified atom stereocenters. The molecule has 19 heavy (non-hydrogen) atoms. The summed E-state index contributed by atoms with van der Waals surface area (Å²) in [5.41, 5.74) is 10.6. The van der Waals surface area contributed by atoms with E-state index in [2.05, 4.69) is 18.9 Å². The molecule has 0 radical (unpaired) electrons. The maximum absolute atomic E-state index is 12.9. The molecule has 1 aromatic carbocycles. The van der Waals surface area contributed by atoms with E-state index in [0.717, 1.165) is 23.4 Å². The van der Waals surface area contributed by atoms with Gasteiger partial charge >= 0.3 is 0 Å². The Balaban J connectivity index is 2.19. The molecule has 3 nitrogen and oxygen atoms in total.